The highest BCUT2D eigenvalue weighted by Crippen LogP contribution is 2.31. The summed E-state index contributed by atoms with van der Waals surface area (Å²) in [6.07, 6.45) is 0. The number of benzene rings is 2. The van der Waals surface area contributed by atoms with E-state index in [1.165, 1.54) is 0 Å². The van der Waals surface area contributed by atoms with E-state index < -0.39 is 0 Å². The number of phenols is 1. The second-order valence-electron chi connectivity index (χ2n) is 3.48. The monoisotopic (exact) mass is 214 g/mol. The Morgan fingerprint density at radius 2 is 1.88 bits per heavy atom. The zero-order chi connectivity index (χ0) is 11.4. The van der Waals surface area contributed by atoms with E-state index in [0.29, 0.717) is 6.61 Å². The molecule has 0 spiro atoms. The number of rotatable bonds is 3. The number of ether oxygens (including phenoxy) is 1. The molecule has 0 atom stereocenters. The van der Waals surface area contributed by atoms with Gasteiger partial charge < -0.3 is 9.84 Å². The Morgan fingerprint density at radius 3 is 2.62 bits per heavy atom. The maximum absolute atomic E-state index is 9.45. The second kappa shape index (κ2) is 4.71. The number of hydrogen-bond acceptors (Lipinski definition) is 2. The highest BCUT2D eigenvalue weighted by atomic mass is 16.5. The lowest BCUT2D eigenvalue weighted by atomic mass is 10.0. The molecule has 2 rings (SSSR count). The van der Waals surface area contributed by atoms with Gasteiger partial charge in [0.2, 0.25) is 0 Å². The zero-order valence-corrected chi connectivity index (χ0v) is 9.18. The van der Waals surface area contributed by atoms with E-state index in [0.717, 1.165) is 16.9 Å². The van der Waals surface area contributed by atoms with Crippen LogP contribution in [0.5, 0.6) is 11.5 Å². The molecular formula is C14H14O2. The lowest BCUT2D eigenvalue weighted by Crippen LogP contribution is -1.93. The molecule has 2 aromatic carbocycles. The lowest BCUT2D eigenvalue weighted by Gasteiger charge is -2.10. The molecule has 82 valence electrons. The van der Waals surface area contributed by atoms with Gasteiger partial charge in [-0.3, -0.25) is 0 Å². The second-order valence-corrected chi connectivity index (χ2v) is 3.48. The Balaban J connectivity index is 2.46. The molecule has 2 heteroatoms. The number of hydrogen-bond donors (Lipinski definition) is 1. The van der Waals surface area contributed by atoms with Crippen molar-refractivity contribution in [3.63, 3.8) is 0 Å². The molecule has 0 bridgehead atoms. The van der Waals surface area contributed by atoms with Crippen LogP contribution in [0.1, 0.15) is 6.92 Å². The molecule has 0 fully saturated rings. The molecule has 0 aromatic heterocycles. The van der Waals surface area contributed by atoms with Gasteiger partial charge in [-0.25, -0.2) is 0 Å². The molecule has 2 aromatic rings. The van der Waals surface area contributed by atoms with Crippen LogP contribution >= 0.6 is 0 Å². The zero-order valence-electron chi connectivity index (χ0n) is 9.18. The summed E-state index contributed by atoms with van der Waals surface area (Å²) in [5, 5.41) is 9.45. The number of phenolic OH excluding ortho intramolecular Hbond substituents is 1. The first-order valence-electron chi connectivity index (χ1n) is 5.32. The summed E-state index contributed by atoms with van der Waals surface area (Å²) in [6, 6.07) is 15.0. The quantitative estimate of drug-likeness (QED) is 0.847. The van der Waals surface area contributed by atoms with Crippen molar-refractivity contribution in [2.45, 2.75) is 6.92 Å². The maximum Gasteiger partial charge on any atom is 0.127 e. The minimum Gasteiger partial charge on any atom is -0.508 e. The van der Waals surface area contributed by atoms with E-state index in [4.69, 9.17) is 4.74 Å². The summed E-state index contributed by atoms with van der Waals surface area (Å²) >= 11 is 0. The minimum absolute atomic E-state index is 0.267. The molecule has 0 radical (unpaired) electrons. The van der Waals surface area contributed by atoms with Gasteiger partial charge in [0.15, 0.2) is 0 Å². The van der Waals surface area contributed by atoms with Crippen molar-refractivity contribution in [1.82, 2.24) is 0 Å². The molecule has 0 saturated carbocycles. The highest BCUT2D eigenvalue weighted by Gasteiger charge is 2.05. The first kappa shape index (κ1) is 10.6. The predicted octanol–water partition coefficient (Wildman–Crippen LogP) is 3.46. The van der Waals surface area contributed by atoms with Gasteiger partial charge in [0, 0.05) is 5.56 Å². The third-order valence-electron chi connectivity index (χ3n) is 2.34. The number of para-hydroxylation sites is 1. The molecule has 0 unspecified atom stereocenters. The van der Waals surface area contributed by atoms with Crippen LogP contribution in [0.2, 0.25) is 0 Å². The lowest BCUT2D eigenvalue weighted by molar-refractivity contribution is 0.341. The van der Waals surface area contributed by atoms with Crippen LogP contribution < -0.4 is 4.74 Å². The smallest absolute Gasteiger partial charge is 0.127 e. The molecular weight excluding hydrogens is 200 g/mol. The molecule has 0 aliphatic heterocycles. The van der Waals surface area contributed by atoms with Crippen molar-refractivity contribution in [2.75, 3.05) is 6.61 Å². The summed E-state index contributed by atoms with van der Waals surface area (Å²) in [5.41, 5.74) is 1.96. The van der Waals surface area contributed by atoms with Crippen molar-refractivity contribution < 1.29 is 9.84 Å². The molecule has 0 amide bonds. The normalized spacial score (nSPS) is 10.1. The fraction of sp³-hybridized carbons (Fsp3) is 0.143. The van der Waals surface area contributed by atoms with Crippen LogP contribution in [0.15, 0.2) is 48.5 Å². The van der Waals surface area contributed by atoms with E-state index in [2.05, 4.69) is 0 Å². The third kappa shape index (κ3) is 2.16. The summed E-state index contributed by atoms with van der Waals surface area (Å²) < 4.78 is 5.55. The number of aromatic hydroxyl groups is 1. The Labute approximate surface area is 95.1 Å². The van der Waals surface area contributed by atoms with Crippen LogP contribution in [0.25, 0.3) is 11.1 Å². The maximum atomic E-state index is 9.45. The third-order valence-corrected chi connectivity index (χ3v) is 2.34. The molecule has 0 aliphatic rings. The topological polar surface area (TPSA) is 29.5 Å². The summed E-state index contributed by atoms with van der Waals surface area (Å²) in [4.78, 5) is 0. The van der Waals surface area contributed by atoms with Gasteiger partial charge in [0.25, 0.3) is 0 Å². The highest BCUT2D eigenvalue weighted by molar-refractivity contribution is 5.71. The standard InChI is InChI=1S/C14H14O2/c1-2-16-14-9-4-3-8-13(14)11-6-5-7-12(15)10-11/h3-10,15H,2H2,1H3. The van der Waals surface area contributed by atoms with Crippen molar-refractivity contribution in [3.05, 3.63) is 48.5 Å². The van der Waals surface area contributed by atoms with Crippen molar-refractivity contribution in [1.29, 1.82) is 0 Å². The molecule has 0 saturated heterocycles. The average molecular weight is 214 g/mol. The molecule has 16 heavy (non-hydrogen) atoms. The Hall–Kier alpha value is -1.96. The van der Waals surface area contributed by atoms with Crippen molar-refractivity contribution >= 4 is 0 Å². The average Bonchev–Trinajstić information content (AvgIpc) is 2.30. The van der Waals surface area contributed by atoms with Gasteiger partial charge in [-0.1, -0.05) is 30.3 Å². The summed E-state index contributed by atoms with van der Waals surface area (Å²) in [6.45, 7) is 2.59. The Kier molecular flexibility index (Phi) is 3.10. The van der Waals surface area contributed by atoms with Crippen LogP contribution in [0.4, 0.5) is 0 Å². The van der Waals surface area contributed by atoms with Gasteiger partial charge in [0.1, 0.15) is 11.5 Å². The van der Waals surface area contributed by atoms with Gasteiger partial charge in [-0.2, -0.15) is 0 Å². The van der Waals surface area contributed by atoms with Crippen LogP contribution in [0, 0.1) is 0 Å². The SMILES string of the molecule is CCOc1ccccc1-c1cccc(O)c1. The molecule has 0 aliphatic carbocycles. The molecule has 2 nitrogen and oxygen atoms in total. The van der Waals surface area contributed by atoms with Crippen molar-refractivity contribution in [2.24, 2.45) is 0 Å². The summed E-state index contributed by atoms with van der Waals surface area (Å²) in [5.74, 6) is 1.11. The largest absolute Gasteiger partial charge is 0.508 e. The Bertz CT molecular complexity index is 478. The molecule has 0 heterocycles. The van der Waals surface area contributed by atoms with E-state index in [1.807, 2.05) is 43.3 Å². The van der Waals surface area contributed by atoms with Crippen LogP contribution in [-0.2, 0) is 0 Å². The van der Waals surface area contributed by atoms with Crippen LogP contribution in [-0.4, -0.2) is 11.7 Å². The summed E-state index contributed by atoms with van der Waals surface area (Å²) in [7, 11) is 0. The van der Waals surface area contributed by atoms with Gasteiger partial charge >= 0.3 is 0 Å². The van der Waals surface area contributed by atoms with Crippen LogP contribution in [0.3, 0.4) is 0 Å². The van der Waals surface area contributed by atoms with Gasteiger partial charge in [-0.15, -0.1) is 0 Å². The predicted molar refractivity (Wildman–Crippen MR) is 64.7 cm³/mol. The Morgan fingerprint density at radius 1 is 1.06 bits per heavy atom. The van der Waals surface area contributed by atoms with E-state index in [-0.39, 0.29) is 5.75 Å². The van der Waals surface area contributed by atoms with E-state index in [9.17, 15) is 5.11 Å². The van der Waals surface area contributed by atoms with Gasteiger partial charge in [0.05, 0.1) is 6.61 Å². The van der Waals surface area contributed by atoms with Gasteiger partial charge in [-0.05, 0) is 30.7 Å². The first-order chi connectivity index (χ1) is 7.81. The fourth-order valence-electron chi connectivity index (χ4n) is 1.66. The van der Waals surface area contributed by atoms with E-state index in [1.54, 1.807) is 12.1 Å². The minimum atomic E-state index is 0.267. The van der Waals surface area contributed by atoms with E-state index >= 15 is 0 Å². The van der Waals surface area contributed by atoms with Crippen molar-refractivity contribution in [3.8, 4) is 22.6 Å². The molecule has 1 N–H and O–H groups in total. The first-order valence-corrected chi connectivity index (χ1v) is 5.32. The fourth-order valence-corrected chi connectivity index (χ4v) is 1.66.